The third-order valence-corrected chi connectivity index (χ3v) is 4.46. The van der Waals surface area contributed by atoms with Gasteiger partial charge in [-0.25, -0.2) is 4.68 Å². The molecular formula is C18H22ClN3O2. The van der Waals surface area contributed by atoms with Crippen molar-refractivity contribution >= 4 is 17.5 Å². The SMILES string of the molecule is CC(C)c1c(C(=O)NCC2CCOC2)cnn1-c1cccc(Cl)c1. The molecule has 1 aromatic heterocycles. The molecule has 1 atom stereocenters. The van der Waals surface area contributed by atoms with Gasteiger partial charge >= 0.3 is 0 Å². The van der Waals surface area contributed by atoms with Gasteiger partial charge in [0, 0.05) is 24.1 Å². The van der Waals surface area contributed by atoms with Crippen molar-refractivity contribution in [3.63, 3.8) is 0 Å². The Morgan fingerprint density at radius 2 is 2.33 bits per heavy atom. The lowest BCUT2D eigenvalue weighted by Crippen LogP contribution is -2.30. The number of nitrogens with zero attached hydrogens (tertiary/aromatic N) is 2. The Kier molecular flexibility index (Phi) is 5.21. The van der Waals surface area contributed by atoms with Gasteiger partial charge in [0.05, 0.1) is 29.7 Å². The summed E-state index contributed by atoms with van der Waals surface area (Å²) in [5.41, 5.74) is 2.36. The number of ether oxygens (including phenoxy) is 1. The smallest absolute Gasteiger partial charge is 0.254 e. The monoisotopic (exact) mass is 347 g/mol. The van der Waals surface area contributed by atoms with Crippen molar-refractivity contribution in [1.82, 2.24) is 15.1 Å². The summed E-state index contributed by atoms with van der Waals surface area (Å²) in [4.78, 5) is 12.6. The van der Waals surface area contributed by atoms with Gasteiger partial charge in [0.1, 0.15) is 0 Å². The van der Waals surface area contributed by atoms with Crippen LogP contribution in [0.3, 0.4) is 0 Å². The number of nitrogens with one attached hydrogen (secondary N) is 1. The lowest BCUT2D eigenvalue weighted by Gasteiger charge is -2.14. The minimum Gasteiger partial charge on any atom is -0.381 e. The summed E-state index contributed by atoms with van der Waals surface area (Å²) in [5.74, 6) is 0.473. The second-order valence-corrected chi connectivity index (χ2v) is 6.87. The van der Waals surface area contributed by atoms with E-state index in [9.17, 15) is 4.79 Å². The summed E-state index contributed by atoms with van der Waals surface area (Å²) in [7, 11) is 0. The molecule has 2 aromatic rings. The molecule has 128 valence electrons. The third kappa shape index (κ3) is 3.62. The number of benzene rings is 1. The Labute approximate surface area is 147 Å². The van der Waals surface area contributed by atoms with E-state index in [4.69, 9.17) is 16.3 Å². The molecule has 1 aliphatic heterocycles. The van der Waals surface area contributed by atoms with E-state index in [1.54, 1.807) is 10.9 Å². The van der Waals surface area contributed by atoms with E-state index in [1.165, 1.54) is 0 Å². The number of aromatic nitrogens is 2. The number of hydrogen-bond donors (Lipinski definition) is 1. The van der Waals surface area contributed by atoms with Crippen LogP contribution in [0.1, 0.15) is 42.2 Å². The number of rotatable bonds is 5. The van der Waals surface area contributed by atoms with Crippen molar-refractivity contribution in [3.05, 3.63) is 46.7 Å². The Morgan fingerprint density at radius 3 is 3.00 bits per heavy atom. The minimum atomic E-state index is -0.0844. The standard InChI is InChI=1S/C18H22ClN3O2/c1-12(2)17-16(18(23)20-9-13-6-7-24-11-13)10-21-22(17)15-5-3-4-14(19)8-15/h3-5,8,10,12-13H,6-7,9,11H2,1-2H3,(H,20,23). The fourth-order valence-corrected chi connectivity index (χ4v) is 3.16. The predicted molar refractivity (Wildman–Crippen MR) is 93.9 cm³/mol. The van der Waals surface area contributed by atoms with Crippen LogP contribution in [0.25, 0.3) is 5.69 Å². The maximum absolute atomic E-state index is 12.6. The number of amides is 1. The Bertz CT molecular complexity index is 721. The number of carbonyl (C=O) groups excluding carboxylic acids is 1. The van der Waals surface area contributed by atoms with Crippen molar-refractivity contribution in [2.45, 2.75) is 26.2 Å². The number of halogens is 1. The van der Waals surface area contributed by atoms with Gasteiger partial charge in [0.15, 0.2) is 0 Å². The second-order valence-electron chi connectivity index (χ2n) is 6.43. The van der Waals surface area contributed by atoms with Crippen LogP contribution in [-0.2, 0) is 4.74 Å². The lowest BCUT2D eigenvalue weighted by molar-refractivity contribution is 0.0943. The summed E-state index contributed by atoms with van der Waals surface area (Å²) in [6.07, 6.45) is 2.63. The zero-order chi connectivity index (χ0) is 17.1. The van der Waals surface area contributed by atoms with Crippen LogP contribution in [0.4, 0.5) is 0 Å². The topological polar surface area (TPSA) is 56.1 Å². The molecule has 5 nitrogen and oxygen atoms in total. The molecule has 1 fully saturated rings. The molecular weight excluding hydrogens is 326 g/mol. The van der Waals surface area contributed by atoms with E-state index in [0.717, 1.165) is 31.0 Å². The van der Waals surface area contributed by atoms with Gasteiger partial charge in [-0.2, -0.15) is 5.10 Å². The highest BCUT2D eigenvalue weighted by molar-refractivity contribution is 6.30. The molecule has 3 rings (SSSR count). The molecule has 1 unspecified atom stereocenters. The summed E-state index contributed by atoms with van der Waals surface area (Å²) in [6, 6.07) is 7.48. The number of hydrogen-bond acceptors (Lipinski definition) is 3. The van der Waals surface area contributed by atoms with E-state index in [2.05, 4.69) is 24.3 Å². The zero-order valence-corrected chi connectivity index (χ0v) is 14.7. The molecule has 0 aliphatic carbocycles. The molecule has 1 N–H and O–H groups in total. The largest absolute Gasteiger partial charge is 0.381 e. The average molecular weight is 348 g/mol. The zero-order valence-electron chi connectivity index (χ0n) is 14.0. The number of carbonyl (C=O) groups is 1. The van der Waals surface area contributed by atoms with Crippen molar-refractivity contribution in [2.24, 2.45) is 5.92 Å². The summed E-state index contributed by atoms with van der Waals surface area (Å²) >= 11 is 6.09. The molecule has 2 heterocycles. The van der Waals surface area contributed by atoms with Gasteiger partial charge in [-0.3, -0.25) is 4.79 Å². The van der Waals surface area contributed by atoms with Crippen LogP contribution < -0.4 is 5.32 Å². The van der Waals surface area contributed by atoms with E-state index >= 15 is 0 Å². The van der Waals surface area contributed by atoms with Crippen LogP contribution in [0.5, 0.6) is 0 Å². The van der Waals surface area contributed by atoms with Crippen LogP contribution >= 0.6 is 11.6 Å². The normalized spacial score (nSPS) is 17.4. The van der Waals surface area contributed by atoms with Gasteiger partial charge in [0.2, 0.25) is 0 Å². The maximum atomic E-state index is 12.6. The lowest BCUT2D eigenvalue weighted by atomic mass is 10.0. The van der Waals surface area contributed by atoms with E-state index in [0.29, 0.717) is 23.0 Å². The molecule has 1 amide bonds. The summed E-state index contributed by atoms with van der Waals surface area (Å²) in [6.45, 7) is 6.25. The van der Waals surface area contributed by atoms with Gasteiger partial charge in [-0.15, -0.1) is 0 Å². The fraction of sp³-hybridized carbons (Fsp3) is 0.444. The molecule has 0 bridgehead atoms. The first-order chi connectivity index (χ1) is 11.6. The van der Waals surface area contributed by atoms with Crippen molar-refractivity contribution in [3.8, 4) is 5.69 Å². The second kappa shape index (κ2) is 7.36. The fourth-order valence-electron chi connectivity index (χ4n) is 2.98. The van der Waals surface area contributed by atoms with Crippen molar-refractivity contribution in [1.29, 1.82) is 0 Å². The van der Waals surface area contributed by atoms with Crippen LogP contribution in [0.2, 0.25) is 5.02 Å². The first-order valence-corrected chi connectivity index (χ1v) is 8.64. The Balaban J connectivity index is 1.84. The quantitative estimate of drug-likeness (QED) is 0.901. The van der Waals surface area contributed by atoms with Gasteiger partial charge in [-0.05, 0) is 30.5 Å². The van der Waals surface area contributed by atoms with E-state index in [-0.39, 0.29) is 11.8 Å². The molecule has 1 aliphatic rings. The molecule has 1 aromatic carbocycles. The summed E-state index contributed by atoms with van der Waals surface area (Å²) < 4.78 is 7.15. The Morgan fingerprint density at radius 1 is 1.50 bits per heavy atom. The van der Waals surface area contributed by atoms with Crippen molar-refractivity contribution < 1.29 is 9.53 Å². The third-order valence-electron chi connectivity index (χ3n) is 4.23. The average Bonchev–Trinajstić information content (AvgIpc) is 3.22. The van der Waals surface area contributed by atoms with Gasteiger partial charge in [-0.1, -0.05) is 31.5 Å². The van der Waals surface area contributed by atoms with E-state index in [1.807, 2.05) is 24.3 Å². The highest BCUT2D eigenvalue weighted by atomic mass is 35.5. The van der Waals surface area contributed by atoms with Gasteiger partial charge in [0.25, 0.3) is 5.91 Å². The highest BCUT2D eigenvalue weighted by Crippen LogP contribution is 2.24. The summed E-state index contributed by atoms with van der Waals surface area (Å²) in [5, 5.41) is 8.08. The van der Waals surface area contributed by atoms with Gasteiger partial charge < -0.3 is 10.1 Å². The Hall–Kier alpha value is -1.85. The molecule has 0 radical (unpaired) electrons. The van der Waals surface area contributed by atoms with E-state index < -0.39 is 0 Å². The first-order valence-electron chi connectivity index (χ1n) is 8.26. The molecule has 0 spiro atoms. The minimum absolute atomic E-state index is 0.0844. The molecule has 0 saturated carbocycles. The van der Waals surface area contributed by atoms with Crippen LogP contribution in [0.15, 0.2) is 30.5 Å². The molecule has 1 saturated heterocycles. The maximum Gasteiger partial charge on any atom is 0.254 e. The molecule has 6 heteroatoms. The predicted octanol–water partition coefficient (Wildman–Crippen LogP) is 3.42. The van der Waals surface area contributed by atoms with Crippen LogP contribution in [0, 0.1) is 5.92 Å². The highest BCUT2D eigenvalue weighted by Gasteiger charge is 2.22. The molecule has 24 heavy (non-hydrogen) atoms. The van der Waals surface area contributed by atoms with Crippen LogP contribution in [-0.4, -0.2) is 35.4 Å². The van der Waals surface area contributed by atoms with Crippen molar-refractivity contribution in [2.75, 3.05) is 19.8 Å². The first kappa shape index (κ1) is 17.0.